The molecule has 0 bridgehead atoms. The lowest BCUT2D eigenvalue weighted by molar-refractivity contribution is -0.128. The van der Waals surface area contributed by atoms with Crippen LogP contribution in [-0.4, -0.2) is 47.6 Å². The van der Waals surface area contributed by atoms with E-state index in [-0.39, 0.29) is 23.5 Å². The molecule has 2 rings (SSSR count). The zero-order valence-corrected chi connectivity index (χ0v) is 8.27. The number of rotatable bonds is 0. The minimum atomic E-state index is -2.60. The predicted octanol–water partition coefficient (Wildman–Crippen LogP) is -0.301. The molecule has 0 aromatic heterocycles. The van der Waals surface area contributed by atoms with Gasteiger partial charge in [-0.05, 0) is 0 Å². The second-order valence-electron chi connectivity index (χ2n) is 1.77. The minimum Gasteiger partial charge on any atom is -0.315 e. The summed E-state index contributed by atoms with van der Waals surface area (Å²) in [5, 5.41) is 3.32. The third-order valence-corrected chi connectivity index (χ3v) is 1.83. The van der Waals surface area contributed by atoms with Crippen molar-refractivity contribution in [2.75, 3.05) is 35.8 Å². The molecule has 0 saturated carbocycles. The summed E-state index contributed by atoms with van der Waals surface area (Å²) in [6.45, 7) is -5.21. The van der Waals surface area contributed by atoms with Crippen LogP contribution in [0.5, 0.6) is 0 Å². The molecule has 2 saturated heterocycles. The summed E-state index contributed by atoms with van der Waals surface area (Å²) in [4.78, 5) is 21.4. The Bertz CT molecular complexity index is 536. The summed E-state index contributed by atoms with van der Waals surface area (Å²) in [5.41, 5.74) is -9.78. The topological polar surface area (TPSA) is 58.2 Å². The molecule has 2 heterocycles. The van der Waals surface area contributed by atoms with Gasteiger partial charge in [-0.15, -0.1) is 11.8 Å². The van der Waals surface area contributed by atoms with E-state index < -0.39 is 47.6 Å². The van der Waals surface area contributed by atoms with Crippen LogP contribution in [0.25, 0.3) is 0 Å². The molecule has 0 aromatic carbocycles. The molecule has 14 heavy (non-hydrogen) atoms. The predicted molar refractivity (Wildman–Crippen MR) is 60.7 cm³/mol. The van der Waals surface area contributed by atoms with Crippen molar-refractivity contribution >= 4 is 35.3 Å². The molecule has 2 fully saturated rings. The molecule has 0 unspecified atom stereocenters. The van der Waals surface area contributed by atoms with Gasteiger partial charge in [-0.2, -0.15) is 11.8 Å². The number of carbonyl (C=O) groups is 2. The van der Waals surface area contributed by atoms with Gasteiger partial charge in [-0.1, -0.05) is 0 Å². The summed E-state index contributed by atoms with van der Waals surface area (Å²) < 4.78 is 85.9. The maximum atomic E-state index is 10.7. The van der Waals surface area contributed by atoms with E-state index in [1.807, 2.05) is 0 Å². The molecule has 6 heteroatoms. The zero-order valence-electron chi connectivity index (χ0n) is 18.6. The van der Waals surface area contributed by atoms with E-state index in [1.165, 1.54) is 0 Å². The molecule has 80 valence electrons. The lowest BCUT2D eigenvalue weighted by Crippen LogP contribution is -2.37. The van der Waals surface area contributed by atoms with Gasteiger partial charge < -0.3 is 5.32 Å². The zero-order chi connectivity index (χ0) is 21.0. The standard InChI is InChI=1S/C4H5NO2S.C4H9NS/c6-3-1-8-2-4(7)5-3;1-3-6-4-2-5-1/h1-2H2,(H,5,6,7);5H,1-4H2/i1D2,2D2;1D2,2D2,3D2,4D2. The molecule has 2 N–H and O–H groups in total. The first kappa shape index (κ1) is 3.40. The van der Waals surface area contributed by atoms with Crippen LogP contribution in [0.3, 0.4) is 0 Å². The van der Waals surface area contributed by atoms with Crippen molar-refractivity contribution in [2.24, 2.45) is 0 Å². The molecule has 2 aliphatic rings. The quantitative estimate of drug-likeness (QED) is 0.575. The van der Waals surface area contributed by atoms with E-state index in [2.05, 4.69) is 0 Å². The maximum Gasteiger partial charge on any atom is 0.236 e. The van der Waals surface area contributed by atoms with Crippen molar-refractivity contribution in [3.8, 4) is 0 Å². The molecule has 0 aliphatic carbocycles. The highest BCUT2D eigenvalue weighted by Gasteiger charge is 2.13. The molecule has 0 spiro atoms. The Balaban J connectivity index is 0.000000263. The van der Waals surface area contributed by atoms with Crippen molar-refractivity contribution in [3.63, 3.8) is 0 Å². The average Bonchev–Trinajstić information content (AvgIpc) is 2.32. The second-order valence-corrected chi connectivity index (χ2v) is 3.00. The monoisotopic (exact) mass is 246 g/mol. The molecular weight excluding hydrogens is 220 g/mol. The van der Waals surface area contributed by atoms with E-state index in [0.29, 0.717) is 0 Å². The Morgan fingerprint density at radius 1 is 1.07 bits per heavy atom. The van der Waals surface area contributed by atoms with Crippen molar-refractivity contribution < 1.29 is 26.0 Å². The van der Waals surface area contributed by atoms with Crippen LogP contribution >= 0.6 is 23.5 Å². The van der Waals surface area contributed by atoms with E-state index in [0.717, 1.165) is 0 Å². The van der Waals surface area contributed by atoms with Crippen LogP contribution < -0.4 is 10.6 Å². The van der Waals surface area contributed by atoms with Gasteiger partial charge in [0.15, 0.2) is 0 Å². The number of amides is 2. The van der Waals surface area contributed by atoms with Gasteiger partial charge in [0.2, 0.25) is 11.8 Å². The number of thioether (sulfide) groups is 2. The SMILES string of the molecule is [2H]C1([2H])NC([2H])([2H])C([2H])([2H])SC1([2H])[2H].[2H]C1([2H])SC([2H])([2H])C(=O)NC1=O. The van der Waals surface area contributed by atoms with Gasteiger partial charge in [0, 0.05) is 40.9 Å². The van der Waals surface area contributed by atoms with Gasteiger partial charge in [0.25, 0.3) is 0 Å². The minimum absolute atomic E-state index is 0.0139. The largest absolute Gasteiger partial charge is 0.315 e. The maximum absolute atomic E-state index is 10.7. The Kier molecular flexibility index (Phi) is 1.73. The first-order valence-corrected chi connectivity index (χ1v) is 4.86. The smallest absolute Gasteiger partial charge is 0.236 e. The number of hydrogen-bond acceptors (Lipinski definition) is 5. The molecule has 2 aliphatic heterocycles. The van der Waals surface area contributed by atoms with Crippen LogP contribution in [0.4, 0.5) is 0 Å². The van der Waals surface area contributed by atoms with Crippen LogP contribution in [0.2, 0.25) is 0 Å². The molecule has 0 atom stereocenters. The summed E-state index contributed by atoms with van der Waals surface area (Å²) in [7, 11) is 0. The van der Waals surface area contributed by atoms with Gasteiger partial charge in [-0.3, -0.25) is 14.9 Å². The number of hydrogen-bond donors (Lipinski definition) is 2. The lowest BCUT2D eigenvalue weighted by Gasteiger charge is -2.08. The van der Waals surface area contributed by atoms with Crippen LogP contribution in [0, 0.1) is 0 Å². The second kappa shape index (κ2) is 7.14. The molecule has 2 amide bonds. The van der Waals surface area contributed by atoms with Crippen molar-refractivity contribution in [2.45, 2.75) is 0 Å². The van der Waals surface area contributed by atoms with Crippen molar-refractivity contribution in [1.82, 2.24) is 10.6 Å². The van der Waals surface area contributed by atoms with E-state index in [4.69, 9.17) is 16.4 Å². The number of imide groups is 1. The van der Waals surface area contributed by atoms with E-state index in [9.17, 15) is 9.59 Å². The molecule has 0 radical (unpaired) electrons. The highest BCUT2D eigenvalue weighted by molar-refractivity contribution is 8.00. The van der Waals surface area contributed by atoms with Crippen LogP contribution in [0.15, 0.2) is 0 Å². The van der Waals surface area contributed by atoms with Crippen LogP contribution in [0.1, 0.15) is 16.4 Å². The van der Waals surface area contributed by atoms with Crippen LogP contribution in [-0.2, 0) is 9.59 Å². The van der Waals surface area contributed by atoms with E-state index in [1.54, 1.807) is 10.6 Å². The van der Waals surface area contributed by atoms with Gasteiger partial charge in [0.1, 0.15) is 0 Å². The number of nitrogens with one attached hydrogen (secondary N) is 2. The summed E-state index contributed by atoms with van der Waals surface area (Å²) in [5.74, 6) is -2.21. The first-order chi connectivity index (χ1) is 11.2. The first-order valence-electron chi connectivity index (χ1n) is 9.22. The molecular formula is C8H14N2O2S2. The Labute approximate surface area is 109 Å². The fraction of sp³-hybridized carbons (Fsp3) is 0.750. The van der Waals surface area contributed by atoms with Gasteiger partial charge in [-0.25, -0.2) is 0 Å². The molecule has 0 aromatic rings. The lowest BCUT2D eigenvalue weighted by atomic mass is 10.6. The van der Waals surface area contributed by atoms with E-state index >= 15 is 0 Å². The van der Waals surface area contributed by atoms with Gasteiger partial charge in [0.05, 0.1) is 11.4 Å². The number of carbonyl (C=O) groups excluding carboxylic acids is 2. The summed E-state index contributed by atoms with van der Waals surface area (Å²) in [6.07, 6.45) is 0. The average molecular weight is 246 g/mol. The fourth-order valence-electron chi connectivity index (χ4n) is 0.431. The normalized spacial score (nSPS) is 56.3. The highest BCUT2D eigenvalue weighted by Crippen LogP contribution is 2.02. The summed E-state index contributed by atoms with van der Waals surface area (Å²) >= 11 is 0.0810. The third kappa shape index (κ3) is 5.51. The summed E-state index contributed by atoms with van der Waals surface area (Å²) in [6, 6.07) is 0. The van der Waals surface area contributed by atoms with Crippen molar-refractivity contribution in [3.05, 3.63) is 0 Å². The fourth-order valence-corrected chi connectivity index (χ4v) is 1.02. The van der Waals surface area contributed by atoms with Gasteiger partial charge >= 0.3 is 0 Å². The Morgan fingerprint density at radius 2 is 1.64 bits per heavy atom. The Morgan fingerprint density at radius 3 is 2.07 bits per heavy atom. The Hall–Kier alpha value is -0.200. The third-order valence-electron chi connectivity index (χ3n) is 0.844. The van der Waals surface area contributed by atoms with Crippen molar-refractivity contribution in [1.29, 1.82) is 0 Å². The highest BCUT2D eigenvalue weighted by atomic mass is 32.2. The molecule has 4 nitrogen and oxygen atoms in total.